The molecule has 1 aromatic carbocycles. The van der Waals surface area contributed by atoms with Gasteiger partial charge in [0, 0.05) is 19.3 Å². The molecule has 0 saturated carbocycles. The molecule has 94 valence electrons. The first-order valence-corrected chi connectivity index (χ1v) is 5.76. The summed E-state index contributed by atoms with van der Waals surface area (Å²) in [5.41, 5.74) is 2.95. The predicted octanol–water partition coefficient (Wildman–Crippen LogP) is 1.06. The molecular weight excluding hydrogens is 216 g/mol. The third kappa shape index (κ3) is 3.75. The highest BCUT2D eigenvalue weighted by molar-refractivity contribution is 5.81. The minimum absolute atomic E-state index is 0.0145. The lowest BCUT2D eigenvalue weighted by molar-refractivity contribution is -0.119. The van der Waals surface area contributed by atoms with Gasteiger partial charge in [-0.1, -0.05) is 12.1 Å². The van der Waals surface area contributed by atoms with Crippen molar-refractivity contribution in [3.05, 3.63) is 29.3 Å². The van der Waals surface area contributed by atoms with E-state index < -0.39 is 0 Å². The van der Waals surface area contributed by atoms with Crippen LogP contribution in [0.1, 0.15) is 18.1 Å². The second-order valence-corrected chi connectivity index (χ2v) is 4.09. The number of benzene rings is 1. The van der Waals surface area contributed by atoms with Gasteiger partial charge in [-0.05, 0) is 31.0 Å². The molecule has 0 heterocycles. The Morgan fingerprint density at radius 2 is 2.18 bits per heavy atom. The van der Waals surface area contributed by atoms with Crippen LogP contribution in [0.15, 0.2) is 18.2 Å². The van der Waals surface area contributed by atoms with Gasteiger partial charge in [0.1, 0.15) is 0 Å². The number of amides is 1. The largest absolute Gasteiger partial charge is 0.392 e. The van der Waals surface area contributed by atoms with E-state index in [1.807, 2.05) is 44.0 Å². The quantitative estimate of drug-likeness (QED) is 0.803. The van der Waals surface area contributed by atoms with Crippen LogP contribution in [-0.2, 0) is 11.4 Å². The Morgan fingerprint density at radius 3 is 2.71 bits per heavy atom. The zero-order valence-corrected chi connectivity index (χ0v) is 10.7. The van der Waals surface area contributed by atoms with E-state index in [0.29, 0.717) is 13.1 Å². The molecule has 1 aromatic rings. The molecule has 0 aliphatic heterocycles. The van der Waals surface area contributed by atoms with Crippen LogP contribution >= 0.6 is 0 Å². The zero-order chi connectivity index (χ0) is 12.8. The fraction of sp³-hybridized carbons (Fsp3) is 0.462. The number of rotatable bonds is 5. The van der Waals surface area contributed by atoms with E-state index in [4.69, 9.17) is 5.11 Å². The third-order valence-corrected chi connectivity index (χ3v) is 2.61. The van der Waals surface area contributed by atoms with Crippen LogP contribution in [0.4, 0.5) is 5.69 Å². The Hall–Kier alpha value is -1.55. The predicted molar refractivity (Wildman–Crippen MR) is 69.1 cm³/mol. The number of carbonyl (C=O) groups is 1. The second-order valence-electron chi connectivity index (χ2n) is 4.09. The lowest BCUT2D eigenvalue weighted by Crippen LogP contribution is -2.35. The summed E-state index contributed by atoms with van der Waals surface area (Å²) >= 11 is 0. The van der Waals surface area contributed by atoms with Crippen molar-refractivity contribution in [3.8, 4) is 0 Å². The molecule has 0 fully saturated rings. The van der Waals surface area contributed by atoms with Crippen LogP contribution in [0.5, 0.6) is 0 Å². The van der Waals surface area contributed by atoms with E-state index in [9.17, 15) is 4.79 Å². The minimum atomic E-state index is 0.0145. The Morgan fingerprint density at radius 1 is 1.47 bits per heavy atom. The van der Waals surface area contributed by atoms with Gasteiger partial charge in [0.25, 0.3) is 0 Å². The molecule has 1 rings (SSSR count). The van der Waals surface area contributed by atoms with Gasteiger partial charge in [-0.2, -0.15) is 0 Å². The second kappa shape index (κ2) is 6.25. The number of likely N-dealkylation sites (N-methyl/N-ethyl adjacent to an activating group) is 2. The fourth-order valence-electron chi connectivity index (χ4n) is 1.80. The molecule has 2 N–H and O–H groups in total. The van der Waals surface area contributed by atoms with Crippen molar-refractivity contribution >= 4 is 11.6 Å². The van der Waals surface area contributed by atoms with E-state index in [2.05, 4.69) is 5.32 Å². The molecule has 1 amide bonds. The summed E-state index contributed by atoms with van der Waals surface area (Å²) in [7, 11) is 1.89. The molecule has 0 radical (unpaired) electrons. The molecule has 17 heavy (non-hydrogen) atoms. The lowest BCUT2D eigenvalue weighted by atomic mass is 10.1. The van der Waals surface area contributed by atoms with Crippen molar-refractivity contribution in [2.45, 2.75) is 20.5 Å². The van der Waals surface area contributed by atoms with Gasteiger partial charge in [0.05, 0.1) is 13.2 Å². The molecular formula is C13H20N2O2. The summed E-state index contributed by atoms with van der Waals surface area (Å²) in [5, 5.41) is 11.8. The SMILES string of the molecule is CCNC(=O)CN(C)c1ccc(CO)cc1C. The van der Waals surface area contributed by atoms with E-state index in [-0.39, 0.29) is 12.5 Å². The van der Waals surface area contributed by atoms with Crippen molar-refractivity contribution < 1.29 is 9.90 Å². The Balaban J connectivity index is 2.75. The molecule has 0 unspecified atom stereocenters. The number of aryl methyl sites for hydroxylation is 1. The van der Waals surface area contributed by atoms with Crippen LogP contribution in [-0.4, -0.2) is 31.2 Å². The first-order valence-electron chi connectivity index (χ1n) is 5.76. The van der Waals surface area contributed by atoms with E-state index >= 15 is 0 Å². The summed E-state index contributed by atoms with van der Waals surface area (Å²) in [5.74, 6) is 0.0145. The molecule has 0 aliphatic carbocycles. The molecule has 4 heteroatoms. The van der Waals surface area contributed by atoms with Crippen LogP contribution in [0.25, 0.3) is 0 Å². The van der Waals surface area contributed by atoms with Gasteiger partial charge in [-0.25, -0.2) is 0 Å². The highest BCUT2D eigenvalue weighted by atomic mass is 16.3. The van der Waals surface area contributed by atoms with Crippen LogP contribution < -0.4 is 10.2 Å². The first kappa shape index (κ1) is 13.5. The molecule has 0 bridgehead atoms. The number of aliphatic hydroxyl groups is 1. The molecule has 0 atom stereocenters. The average Bonchev–Trinajstić information content (AvgIpc) is 2.28. The topological polar surface area (TPSA) is 52.6 Å². The normalized spacial score (nSPS) is 10.1. The van der Waals surface area contributed by atoms with Crippen LogP contribution in [0.2, 0.25) is 0 Å². The van der Waals surface area contributed by atoms with E-state index in [1.165, 1.54) is 0 Å². The average molecular weight is 236 g/mol. The highest BCUT2D eigenvalue weighted by Crippen LogP contribution is 2.19. The van der Waals surface area contributed by atoms with E-state index in [1.54, 1.807) is 0 Å². The molecule has 0 saturated heterocycles. The number of hydrogen-bond donors (Lipinski definition) is 2. The summed E-state index contributed by atoms with van der Waals surface area (Å²) in [6, 6.07) is 5.74. The number of anilines is 1. The first-order chi connectivity index (χ1) is 8.08. The van der Waals surface area contributed by atoms with Gasteiger partial charge in [0.15, 0.2) is 0 Å². The molecule has 0 aliphatic rings. The number of hydrogen-bond acceptors (Lipinski definition) is 3. The summed E-state index contributed by atoms with van der Waals surface area (Å²) in [6.45, 7) is 4.91. The van der Waals surface area contributed by atoms with Gasteiger partial charge >= 0.3 is 0 Å². The van der Waals surface area contributed by atoms with Gasteiger partial charge in [-0.3, -0.25) is 4.79 Å². The van der Waals surface area contributed by atoms with Gasteiger partial charge < -0.3 is 15.3 Å². The van der Waals surface area contributed by atoms with Crippen LogP contribution in [0, 0.1) is 6.92 Å². The van der Waals surface area contributed by atoms with Gasteiger partial charge in [0.2, 0.25) is 5.91 Å². The number of nitrogens with one attached hydrogen (secondary N) is 1. The summed E-state index contributed by atoms with van der Waals surface area (Å²) in [4.78, 5) is 13.4. The zero-order valence-electron chi connectivity index (χ0n) is 10.7. The maximum Gasteiger partial charge on any atom is 0.239 e. The fourth-order valence-corrected chi connectivity index (χ4v) is 1.80. The number of nitrogens with zero attached hydrogens (tertiary/aromatic N) is 1. The van der Waals surface area contributed by atoms with Crippen molar-refractivity contribution in [1.29, 1.82) is 0 Å². The minimum Gasteiger partial charge on any atom is -0.392 e. The smallest absolute Gasteiger partial charge is 0.239 e. The Kier molecular flexibility index (Phi) is 4.97. The number of aliphatic hydroxyl groups excluding tert-OH is 1. The standard InChI is InChI=1S/C13H20N2O2/c1-4-14-13(17)8-15(3)12-6-5-11(9-16)7-10(12)2/h5-7,16H,4,8-9H2,1-3H3,(H,14,17). The van der Waals surface area contributed by atoms with Crippen LogP contribution in [0.3, 0.4) is 0 Å². The number of carbonyl (C=O) groups excluding carboxylic acids is 1. The lowest BCUT2D eigenvalue weighted by Gasteiger charge is -2.21. The summed E-state index contributed by atoms with van der Waals surface area (Å²) in [6.07, 6.45) is 0. The maximum atomic E-state index is 11.5. The van der Waals surface area contributed by atoms with Crippen molar-refractivity contribution in [1.82, 2.24) is 5.32 Å². The van der Waals surface area contributed by atoms with Crippen molar-refractivity contribution in [2.75, 3.05) is 25.0 Å². The van der Waals surface area contributed by atoms with E-state index in [0.717, 1.165) is 16.8 Å². The maximum absolute atomic E-state index is 11.5. The molecule has 0 spiro atoms. The monoisotopic (exact) mass is 236 g/mol. The Bertz CT molecular complexity index is 391. The third-order valence-electron chi connectivity index (χ3n) is 2.61. The molecule has 0 aromatic heterocycles. The molecule has 4 nitrogen and oxygen atoms in total. The van der Waals surface area contributed by atoms with Crippen molar-refractivity contribution in [3.63, 3.8) is 0 Å². The Labute approximate surface area is 102 Å². The van der Waals surface area contributed by atoms with Crippen molar-refractivity contribution in [2.24, 2.45) is 0 Å². The highest BCUT2D eigenvalue weighted by Gasteiger charge is 2.09. The summed E-state index contributed by atoms with van der Waals surface area (Å²) < 4.78 is 0. The van der Waals surface area contributed by atoms with Gasteiger partial charge in [-0.15, -0.1) is 0 Å².